The highest BCUT2D eigenvalue weighted by Gasteiger charge is 2.27. The second kappa shape index (κ2) is 8.10. The van der Waals surface area contributed by atoms with Crippen LogP contribution in [0.15, 0.2) is 42.6 Å². The van der Waals surface area contributed by atoms with Gasteiger partial charge < -0.3 is 15.6 Å². The molecule has 0 fully saturated rings. The molecule has 9 heteroatoms. The number of fused-ring (bicyclic) bond motifs is 1. The fourth-order valence-electron chi connectivity index (χ4n) is 3.78. The standard InChI is InChI=1S/C23H21N5O4/c1-12-20(25-14(3)21(12)28(31)32)11-17-16-10-15(7-8-19(16)27-23(17)30)22(29)26-13(2)18-6-4-5-9-24-18/h4-11,13,25H,1-3H3,(H,26,29)(H,27,30)/b17-11-. The molecule has 4 rings (SSSR count). The van der Waals surface area contributed by atoms with Crippen LogP contribution in [0.2, 0.25) is 0 Å². The van der Waals surface area contributed by atoms with E-state index in [9.17, 15) is 19.7 Å². The quantitative estimate of drug-likeness (QED) is 0.320. The molecule has 3 aromatic rings. The van der Waals surface area contributed by atoms with Crippen LogP contribution in [-0.2, 0) is 4.79 Å². The molecule has 0 saturated carbocycles. The molecule has 162 valence electrons. The number of amides is 2. The molecule has 1 atom stereocenters. The Kier molecular flexibility index (Phi) is 5.31. The van der Waals surface area contributed by atoms with Crippen LogP contribution >= 0.6 is 0 Å². The van der Waals surface area contributed by atoms with Crippen LogP contribution in [0.1, 0.15) is 51.5 Å². The number of nitrogens with zero attached hydrogens (tertiary/aromatic N) is 2. The summed E-state index contributed by atoms with van der Waals surface area (Å²) >= 11 is 0. The summed E-state index contributed by atoms with van der Waals surface area (Å²) in [6, 6.07) is 10.1. The van der Waals surface area contributed by atoms with Crippen molar-refractivity contribution in [2.24, 2.45) is 0 Å². The number of aryl methyl sites for hydroxylation is 1. The van der Waals surface area contributed by atoms with Crippen molar-refractivity contribution in [3.8, 4) is 0 Å². The lowest BCUT2D eigenvalue weighted by molar-refractivity contribution is -0.385. The van der Waals surface area contributed by atoms with E-state index in [4.69, 9.17) is 0 Å². The van der Waals surface area contributed by atoms with Gasteiger partial charge in [-0.3, -0.25) is 24.7 Å². The van der Waals surface area contributed by atoms with Gasteiger partial charge in [0.05, 0.1) is 33.5 Å². The van der Waals surface area contributed by atoms with Gasteiger partial charge in [0, 0.05) is 28.7 Å². The first-order valence-corrected chi connectivity index (χ1v) is 9.99. The van der Waals surface area contributed by atoms with Crippen molar-refractivity contribution in [3.05, 3.63) is 86.5 Å². The number of hydrogen-bond donors (Lipinski definition) is 3. The van der Waals surface area contributed by atoms with Crippen molar-refractivity contribution < 1.29 is 14.5 Å². The number of nitro groups is 1. The Labute approximate surface area is 183 Å². The summed E-state index contributed by atoms with van der Waals surface area (Å²) in [7, 11) is 0. The average molecular weight is 431 g/mol. The SMILES string of the molecule is Cc1[nH]c(/C=C2\C(=O)Nc3ccc(C(=O)NC(C)c4ccccn4)cc32)c(C)c1[N+](=O)[O-]. The lowest BCUT2D eigenvalue weighted by atomic mass is 10.0. The Hall–Kier alpha value is -4.27. The number of H-pyrrole nitrogens is 1. The van der Waals surface area contributed by atoms with Gasteiger partial charge in [0.25, 0.3) is 17.5 Å². The van der Waals surface area contributed by atoms with E-state index in [1.165, 1.54) is 0 Å². The van der Waals surface area contributed by atoms with Crippen LogP contribution in [-0.4, -0.2) is 26.7 Å². The minimum Gasteiger partial charge on any atom is -0.353 e. The number of aromatic nitrogens is 2. The number of nitrogens with one attached hydrogen (secondary N) is 3. The van der Waals surface area contributed by atoms with Crippen LogP contribution in [0, 0.1) is 24.0 Å². The maximum atomic E-state index is 12.8. The largest absolute Gasteiger partial charge is 0.353 e. The van der Waals surface area contributed by atoms with Gasteiger partial charge in [0.2, 0.25) is 0 Å². The smallest absolute Gasteiger partial charge is 0.293 e. The summed E-state index contributed by atoms with van der Waals surface area (Å²) < 4.78 is 0. The van der Waals surface area contributed by atoms with Gasteiger partial charge in [0.1, 0.15) is 0 Å². The van der Waals surface area contributed by atoms with Gasteiger partial charge in [-0.25, -0.2) is 0 Å². The predicted molar refractivity (Wildman–Crippen MR) is 120 cm³/mol. The van der Waals surface area contributed by atoms with E-state index in [1.807, 2.05) is 19.1 Å². The number of benzene rings is 1. The third-order valence-corrected chi connectivity index (χ3v) is 5.45. The molecule has 1 aliphatic rings. The molecular weight excluding hydrogens is 410 g/mol. The highest BCUT2D eigenvalue weighted by Crippen LogP contribution is 2.35. The lowest BCUT2D eigenvalue weighted by Crippen LogP contribution is -2.27. The summed E-state index contributed by atoms with van der Waals surface area (Å²) in [6.07, 6.45) is 3.24. The summed E-state index contributed by atoms with van der Waals surface area (Å²) in [4.78, 5) is 43.5. The minimum absolute atomic E-state index is 0.00730. The van der Waals surface area contributed by atoms with Gasteiger partial charge in [0.15, 0.2) is 0 Å². The first-order valence-electron chi connectivity index (χ1n) is 9.99. The van der Waals surface area contributed by atoms with E-state index < -0.39 is 4.92 Å². The molecule has 1 aromatic carbocycles. The summed E-state index contributed by atoms with van der Waals surface area (Å²) in [6.45, 7) is 5.08. The predicted octanol–water partition coefficient (Wildman–Crippen LogP) is 3.92. The number of carbonyl (C=O) groups is 2. The summed E-state index contributed by atoms with van der Waals surface area (Å²) in [5, 5.41) is 17.0. The lowest BCUT2D eigenvalue weighted by Gasteiger charge is -2.13. The monoisotopic (exact) mass is 431 g/mol. The Morgan fingerprint density at radius 3 is 2.69 bits per heavy atom. The Bertz CT molecular complexity index is 1280. The summed E-state index contributed by atoms with van der Waals surface area (Å²) in [5.41, 5.74) is 3.91. The fraction of sp³-hybridized carbons (Fsp3) is 0.174. The molecule has 2 amide bonds. The van der Waals surface area contributed by atoms with E-state index in [-0.39, 0.29) is 23.5 Å². The highest BCUT2D eigenvalue weighted by atomic mass is 16.6. The van der Waals surface area contributed by atoms with Crippen molar-refractivity contribution >= 4 is 34.8 Å². The van der Waals surface area contributed by atoms with E-state index in [1.54, 1.807) is 50.4 Å². The Morgan fingerprint density at radius 2 is 2.03 bits per heavy atom. The Balaban J connectivity index is 1.66. The Morgan fingerprint density at radius 1 is 1.25 bits per heavy atom. The maximum Gasteiger partial charge on any atom is 0.293 e. The molecule has 0 saturated heterocycles. The molecule has 1 unspecified atom stereocenters. The van der Waals surface area contributed by atoms with Crippen molar-refractivity contribution in [1.29, 1.82) is 0 Å². The van der Waals surface area contributed by atoms with Crippen LogP contribution in [0.3, 0.4) is 0 Å². The number of rotatable bonds is 5. The highest BCUT2D eigenvalue weighted by molar-refractivity contribution is 6.35. The molecular formula is C23H21N5O4. The first-order chi connectivity index (χ1) is 15.3. The molecule has 0 radical (unpaired) electrons. The van der Waals surface area contributed by atoms with E-state index in [0.29, 0.717) is 39.3 Å². The van der Waals surface area contributed by atoms with Crippen molar-refractivity contribution in [2.45, 2.75) is 26.8 Å². The van der Waals surface area contributed by atoms with Crippen molar-refractivity contribution in [2.75, 3.05) is 5.32 Å². The van der Waals surface area contributed by atoms with Gasteiger partial charge in [-0.1, -0.05) is 6.07 Å². The zero-order chi connectivity index (χ0) is 23.0. The van der Waals surface area contributed by atoms with Crippen LogP contribution in [0.4, 0.5) is 11.4 Å². The van der Waals surface area contributed by atoms with Gasteiger partial charge in [-0.05, 0) is 57.2 Å². The fourth-order valence-corrected chi connectivity index (χ4v) is 3.78. The molecule has 0 bridgehead atoms. The molecule has 2 aromatic heterocycles. The molecule has 1 aliphatic heterocycles. The molecule has 3 N–H and O–H groups in total. The molecule has 9 nitrogen and oxygen atoms in total. The zero-order valence-corrected chi connectivity index (χ0v) is 17.7. The number of pyridine rings is 1. The number of anilines is 1. The third-order valence-electron chi connectivity index (χ3n) is 5.45. The van der Waals surface area contributed by atoms with Gasteiger partial charge >= 0.3 is 0 Å². The van der Waals surface area contributed by atoms with E-state index in [0.717, 1.165) is 5.69 Å². The third kappa shape index (κ3) is 3.76. The summed E-state index contributed by atoms with van der Waals surface area (Å²) in [5.74, 6) is -0.638. The van der Waals surface area contributed by atoms with Crippen LogP contribution < -0.4 is 10.6 Å². The van der Waals surface area contributed by atoms with Crippen LogP contribution in [0.5, 0.6) is 0 Å². The topological polar surface area (TPSA) is 130 Å². The molecule has 0 spiro atoms. The molecule has 32 heavy (non-hydrogen) atoms. The van der Waals surface area contributed by atoms with Gasteiger partial charge in [-0.2, -0.15) is 0 Å². The minimum atomic E-state index is -0.447. The zero-order valence-electron chi connectivity index (χ0n) is 17.7. The number of carbonyl (C=O) groups excluding carboxylic acids is 2. The molecule has 0 aliphatic carbocycles. The second-order valence-electron chi connectivity index (χ2n) is 7.62. The first kappa shape index (κ1) is 21.0. The van der Waals surface area contributed by atoms with Gasteiger partial charge in [-0.15, -0.1) is 0 Å². The molecule has 3 heterocycles. The number of hydrogen-bond acceptors (Lipinski definition) is 5. The second-order valence-corrected chi connectivity index (χ2v) is 7.62. The van der Waals surface area contributed by atoms with Crippen molar-refractivity contribution in [1.82, 2.24) is 15.3 Å². The average Bonchev–Trinajstić information content (AvgIpc) is 3.23. The van der Waals surface area contributed by atoms with Crippen LogP contribution in [0.25, 0.3) is 11.6 Å². The van der Waals surface area contributed by atoms with Crippen molar-refractivity contribution in [3.63, 3.8) is 0 Å². The van der Waals surface area contributed by atoms with E-state index >= 15 is 0 Å². The normalized spacial score (nSPS) is 14.7. The maximum absolute atomic E-state index is 12.8. The number of aromatic amines is 1. The van der Waals surface area contributed by atoms with E-state index in [2.05, 4.69) is 20.6 Å².